The van der Waals surface area contributed by atoms with E-state index in [1.54, 1.807) is 13.0 Å². The van der Waals surface area contributed by atoms with Crippen LogP contribution in [0.15, 0.2) is 18.2 Å². The number of phenols is 1. The Kier molecular flexibility index (Phi) is 2.88. The number of hydrogen-bond acceptors (Lipinski definition) is 2. The highest BCUT2D eigenvalue weighted by Gasteiger charge is 2.28. The molecule has 0 unspecified atom stereocenters. The first-order valence-electron chi connectivity index (χ1n) is 3.87. The Bertz CT molecular complexity index is 320. The van der Waals surface area contributed by atoms with Crippen molar-refractivity contribution in [3.63, 3.8) is 0 Å². The Morgan fingerprint density at radius 2 is 2.00 bits per heavy atom. The summed E-state index contributed by atoms with van der Waals surface area (Å²) in [5.41, 5.74) is 0.722. The molecule has 0 saturated carbocycles. The summed E-state index contributed by atoms with van der Waals surface area (Å²) in [5.74, 6) is -0.442. The second-order valence-corrected chi connectivity index (χ2v) is 2.88. The van der Waals surface area contributed by atoms with Crippen LogP contribution in [-0.2, 0) is 0 Å². The first kappa shape index (κ1) is 10.7. The molecule has 14 heavy (non-hydrogen) atoms. The van der Waals surface area contributed by atoms with Crippen LogP contribution in [0.5, 0.6) is 11.5 Å². The van der Waals surface area contributed by atoms with E-state index in [1.807, 2.05) is 0 Å². The number of benzene rings is 1. The number of rotatable bonds is 2. The molecule has 0 saturated heterocycles. The lowest BCUT2D eigenvalue weighted by Crippen LogP contribution is -2.19. The van der Waals surface area contributed by atoms with Crippen molar-refractivity contribution in [3.05, 3.63) is 23.8 Å². The number of ether oxygens (including phenoxy) is 1. The summed E-state index contributed by atoms with van der Waals surface area (Å²) in [4.78, 5) is 0. The molecule has 1 aromatic rings. The van der Waals surface area contributed by atoms with Gasteiger partial charge in [-0.25, -0.2) is 0 Å². The van der Waals surface area contributed by atoms with E-state index in [1.165, 1.54) is 12.1 Å². The highest BCUT2D eigenvalue weighted by molar-refractivity contribution is 5.41. The van der Waals surface area contributed by atoms with Crippen LogP contribution in [0.3, 0.4) is 0 Å². The lowest BCUT2D eigenvalue weighted by molar-refractivity contribution is -0.153. The summed E-state index contributed by atoms with van der Waals surface area (Å²) in [6, 6.07) is 4.22. The standard InChI is InChI=1S/C9H9F3O2/c1-6-2-3-7(13)8(4-6)14-5-9(10,11)12/h2-4,13H,5H2,1H3. The molecule has 0 atom stereocenters. The van der Waals surface area contributed by atoms with E-state index in [2.05, 4.69) is 4.74 Å². The number of halogens is 3. The summed E-state index contributed by atoms with van der Waals surface area (Å²) in [6.07, 6.45) is -4.39. The second-order valence-electron chi connectivity index (χ2n) is 2.88. The van der Waals surface area contributed by atoms with Gasteiger partial charge in [-0.2, -0.15) is 13.2 Å². The molecule has 0 radical (unpaired) electrons. The summed E-state index contributed by atoms with van der Waals surface area (Å²) < 4.78 is 39.7. The largest absolute Gasteiger partial charge is 0.504 e. The van der Waals surface area contributed by atoms with E-state index >= 15 is 0 Å². The van der Waals surface area contributed by atoms with Crippen LogP contribution in [0.1, 0.15) is 5.56 Å². The molecule has 0 spiro atoms. The van der Waals surface area contributed by atoms with Gasteiger partial charge in [0.25, 0.3) is 0 Å². The first-order valence-corrected chi connectivity index (χ1v) is 3.87. The molecule has 78 valence electrons. The smallest absolute Gasteiger partial charge is 0.422 e. The van der Waals surface area contributed by atoms with Crippen molar-refractivity contribution in [2.75, 3.05) is 6.61 Å². The number of aromatic hydroxyl groups is 1. The van der Waals surface area contributed by atoms with Crippen LogP contribution < -0.4 is 4.74 Å². The molecule has 0 aliphatic heterocycles. The lowest BCUT2D eigenvalue weighted by Gasteiger charge is -2.10. The van der Waals surface area contributed by atoms with Crippen LogP contribution in [-0.4, -0.2) is 17.9 Å². The molecule has 1 N–H and O–H groups in total. The number of hydrogen-bond donors (Lipinski definition) is 1. The van der Waals surface area contributed by atoms with Gasteiger partial charge in [-0.15, -0.1) is 0 Å². The van der Waals surface area contributed by atoms with Gasteiger partial charge in [-0.05, 0) is 24.6 Å². The second kappa shape index (κ2) is 3.77. The van der Waals surface area contributed by atoms with Crippen molar-refractivity contribution in [1.82, 2.24) is 0 Å². The summed E-state index contributed by atoms with van der Waals surface area (Å²) >= 11 is 0. The average molecular weight is 206 g/mol. The Morgan fingerprint density at radius 3 is 2.57 bits per heavy atom. The fourth-order valence-electron chi connectivity index (χ4n) is 0.897. The summed E-state index contributed by atoms with van der Waals surface area (Å²) in [5, 5.41) is 9.14. The van der Waals surface area contributed by atoms with E-state index in [0.717, 1.165) is 5.56 Å². The van der Waals surface area contributed by atoms with Gasteiger partial charge in [0.05, 0.1) is 0 Å². The minimum atomic E-state index is -4.39. The van der Waals surface area contributed by atoms with E-state index < -0.39 is 12.8 Å². The first-order chi connectivity index (χ1) is 6.38. The SMILES string of the molecule is Cc1ccc(O)c(OCC(F)(F)F)c1. The molecule has 0 heterocycles. The zero-order valence-electron chi connectivity index (χ0n) is 7.43. The van der Waals surface area contributed by atoms with Gasteiger partial charge >= 0.3 is 6.18 Å². The monoisotopic (exact) mass is 206 g/mol. The van der Waals surface area contributed by atoms with Crippen LogP contribution in [0.25, 0.3) is 0 Å². The highest BCUT2D eigenvalue weighted by atomic mass is 19.4. The van der Waals surface area contributed by atoms with Crippen LogP contribution >= 0.6 is 0 Å². The predicted octanol–water partition coefficient (Wildman–Crippen LogP) is 2.64. The Balaban J connectivity index is 2.72. The van der Waals surface area contributed by atoms with Crippen molar-refractivity contribution < 1.29 is 23.0 Å². The summed E-state index contributed by atoms with van der Waals surface area (Å²) in [7, 11) is 0. The molecule has 2 nitrogen and oxygen atoms in total. The molecule has 0 amide bonds. The van der Waals surface area contributed by atoms with Crippen LogP contribution in [0.4, 0.5) is 13.2 Å². The third-order valence-corrected chi connectivity index (χ3v) is 1.51. The maximum Gasteiger partial charge on any atom is 0.422 e. The zero-order chi connectivity index (χ0) is 10.8. The molecule has 0 aliphatic rings. The minimum absolute atomic E-state index is 0.151. The molecular formula is C9H9F3O2. The Hall–Kier alpha value is -1.39. The van der Waals surface area contributed by atoms with Crippen LogP contribution in [0.2, 0.25) is 0 Å². The predicted molar refractivity (Wildman–Crippen MR) is 44.4 cm³/mol. The number of alkyl halides is 3. The van der Waals surface area contributed by atoms with Gasteiger partial charge in [0.1, 0.15) is 0 Å². The van der Waals surface area contributed by atoms with Crippen molar-refractivity contribution >= 4 is 0 Å². The van der Waals surface area contributed by atoms with Crippen LogP contribution in [0, 0.1) is 6.92 Å². The van der Waals surface area contributed by atoms with Gasteiger partial charge in [0, 0.05) is 0 Å². The third kappa shape index (κ3) is 3.16. The molecular weight excluding hydrogens is 197 g/mol. The van der Waals surface area contributed by atoms with E-state index in [-0.39, 0.29) is 11.5 Å². The highest BCUT2D eigenvalue weighted by Crippen LogP contribution is 2.28. The third-order valence-electron chi connectivity index (χ3n) is 1.51. The van der Waals surface area contributed by atoms with Gasteiger partial charge in [0.15, 0.2) is 18.1 Å². The van der Waals surface area contributed by atoms with Crippen molar-refractivity contribution in [2.24, 2.45) is 0 Å². The quantitative estimate of drug-likeness (QED) is 0.805. The molecule has 1 aromatic carbocycles. The van der Waals surface area contributed by atoms with Gasteiger partial charge in [0.2, 0.25) is 0 Å². The molecule has 0 fully saturated rings. The van der Waals surface area contributed by atoms with E-state index in [0.29, 0.717) is 0 Å². The lowest BCUT2D eigenvalue weighted by atomic mass is 10.2. The summed E-state index contributed by atoms with van der Waals surface area (Å²) in [6.45, 7) is 0.296. The van der Waals surface area contributed by atoms with Crippen molar-refractivity contribution in [2.45, 2.75) is 13.1 Å². The molecule has 0 bridgehead atoms. The van der Waals surface area contributed by atoms with Gasteiger partial charge < -0.3 is 9.84 Å². The number of aryl methyl sites for hydroxylation is 1. The molecule has 5 heteroatoms. The number of phenolic OH excluding ortho intramolecular Hbond substituents is 1. The maximum absolute atomic E-state index is 11.8. The topological polar surface area (TPSA) is 29.5 Å². The molecule has 0 aromatic heterocycles. The fraction of sp³-hybridized carbons (Fsp3) is 0.333. The Labute approximate surface area is 78.9 Å². The van der Waals surface area contributed by atoms with Gasteiger partial charge in [-0.3, -0.25) is 0 Å². The fourth-order valence-corrected chi connectivity index (χ4v) is 0.897. The van der Waals surface area contributed by atoms with E-state index in [4.69, 9.17) is 5.11 Å². The van der Waals surface area contributed by atoms with Crippen molar-refractivity contribution in [1.29, 1.82) is 0 Å². The van der Waals surface area contributed by atoms with Crippen molar-refractivity contribution in [3.8, 4) is 11.5 Å². The normalized spacial score (nSPS) is 11.4. The molecule has 0 aliphatic carbocycles. The Morgan fingerprint density at radius 1 is 1.36 bits per heavy atom. The maximum atomic E-state index is 11.8. The minimum Gasteiger partial charge on any atom is -0.504 e. The van der Waals surface area contributed by atoms with E-state index in [9.17, 15) is 13.2 Å². The molecule has 1 rings (SSSR count). The zero-order valence-corrected chi connectivity index (χ0v) is 7.43. The van der Waals surface area contributed by atoms with Gasteiger partial charge in [-0.1, -0.05) is 6.07 Å². The average Bonchev–Trinajstić information content (AvgIpc) is 2.05.